The van der Waals surface area contributed by atoms with Gasteiger partial charge in [-0.25, -0.2) is 0 Å². The van der Waals surface area contributed by atoms with Crippen LogP contribution in [0.1, 0.15) is 15.9 Å². The Labute approximate surface area is 146 Å². The van der Waals surface area contributed by atoms with E-state index in [9.17, 15) is 14.7 Å². The first-order valence-electron chi connectivity index (χ1n) is 7.59. The Morgan fingerprint density at radius 1 is 1.24 bits per heavy atom. The lowest BCUT2D eigenvalue weighted by atomic mass is 10.1. The fourth-order valence-corrected chi connectivity index (χ4v) is 2.29. The van der Waals surface area contributed by atoms with Gasteiger partial charge in [-0.15, -0.1) is 0 Å². The summed E-state index contributed by atoms with van der Waals surface area (Å²) in [6.45, 7) is 3.72. The van der Waals surface area contributed by atoms with Crippen molar-refractivity contribution in [3.05, 3.63) is 66.2 Å². The van der Waals surface area contributed by atoms with Crippen LogP contribution in [-0.4, -0.2) is 36.0 Å². The minimum Gasteiger partial charge on any atom is -0.504 e. The molecule has 6 heteroatoms. The molecule has 0 aliphatic heterocycles. The van der Waals surface area contributed by atoms with Gasteiger partial charge in [-0.05, 0) is 48.0 Å². The van der Waals surface area contributed by atoms with Gasteiger partial charge in [0.25, 0.3) is 5.91 Å². The second kappa shape index (κ2) is 8.01. The lowest BCUT2D eigenvalue weighted by Gasteiger charge is -2.18. The number of phenols is 1. The Bertz CT molecular complexity index is 785. The maximum atomic E-state index is 12.5. The molecule has 2 N–H and O–H groups in total. The monoisotopic (exact) mass is 340 g/mol. The van der Waals surface area contributed by atoms with Crippen molar-refractivity contribution in [2.24, 2.45) is 0 Å². The molecule has 2 aromatic carbocycles. The van der Waals surface area contributed by atoms with Crippen molar-refractivity contribution in [2.45, 2.75) is 6.54 Å². The average Bonchev–Trinajstić information content (AvgIpc) is 2.61. The molecule has 6 nitrogen and oxygen atoms in total. The molecule has 2 aromatic rings. The SMILES string of the molecule is C=CC(=O)Nc1ccc(C(=O)N(C)Cc2ccc(OC)c(O)c2)cc1. The summed E-state index contributed by atoms with van der Waals surface area (Å²) in [4.78, 5) is 25.3. The minimum absolute atomic E-state index is 0.0307. The van der Waals surface area contributed by atoms with E-state index in [1.165, 1.54) is 13.2 Å². The molecule has 0 saturated carbocycles. The van der Waals surface area contributed by atoms with Crippen LogP contribution in [0.3, 0.4) is 0 Å². The zero-order valence-electron chi connectivity index (χ0n) is 14.2. The van der Waals surface area contributed by atoms with E-state index in [1.54, 1.807) is 54.4 Å². The summed E-state index contributed by atoms with van der Waals surface area (Å²) in [6.07, 6.45) is 1.18. The van der Waals surface area contributed by atoms with Crippen molar-refractivity contribution in [2.75, 3.05) is 19.5 Å². The molecule has 0 aliphatic carbocycles. The molecule has 2 rings (SSSR count). The van der Waals surface area contributed by atoms with Gasteiger partial charge in [0.1, 0.15) is 0 Å². The van der Waals surface area contributed by atoms with Crippen molar-refractivity contribution in [1.82, 2.24) is 4.90 Å². The van der Waals surface area contributed by atoms with Crippen LogP contribution < -0.4 is 10.1 Å². The predicted molar refractivity (Wildman–Crippen MR) is 95.7 cm³/mol. The number of rotatable bonds is 6. The fraction of sp³-hybridized carbons (Fsp3) is 0.158. The minimum atomic E-state index is -0.310. The van der Waals surface area contributed by atoms with Gasteiger partial charge in [0.15, 0.2) is 11.5 Å². The molecule has 0 fully saturated rings. The van der Waals surface area contributed by atoms with E-state index in [-0.39, 0.29) is 17.6 Å². The van der Waals surface area contributed by atoms with E-state index in [1.807, 2.05) is 0 Å². The lowest BCUT2D eigenvalue weighted by molar-refractivity contribution is -0.111. The summed E-state index contributed by atoms with van der Waals surface area (Å²) in [5, 5.41) is 12.4. The zero-order valence-corrected chi connectivity index (χ0v) is 14.2. The van der Waals surface area contributed by atoms with Crippen LogP contribution in [0.4, 0.5) is 5.69 Å². The molecule has 25 heavy (non-hydrogen) atoms. The van der Waals surface area contributed by atoms with Gasteiger partial charge < -0.3 is 20.1 Å². The van der Waals surface area contributed by atoms with Crippen molar-refractivity contribution >= 4 is 17.5 Å². The van der Waals surface area contributed by atoms with Crippen LogP contribution in [0.2, 0.25) is 0 Å². The van der Waals surface area contributed by atoms with Crippen LogP contribution in [-0.2, 0) is 11.3 Å². The van der Waals surface area contributed by atoms with Crippen molar-refractivity contribution < 1.29 is 19.4 Å². The summed E-state index contributed by atoms with van der Waals surface area (Å²) in [5.41, 5.74) is 1.87. The van der Waals surface area contributed by atoms with E-state index in [0.29, 0.717) is 23.5 Å². The number of hydrogen-bond donors (Lipinski definition) is 2. The van der Waals surface area contributed by atoms with Crippen LogP contribution in [0, 0.1) is 0 Å². The highest BCUT2D eigenvalue weighted by Gasteiger charge is 2.13. The molecule has 0 heterocycles. The number of carbonyl (C=O) groups excluding carboxylic acids is 2. The predicted octanol–water partition coefficient (Wildman–Crippen LogP) is 2.80. The Balaban J connectivity index is 2.05. The van der Waals surface area contributed by atoms with Crippen molar-refractivity contribution in [3.8, 4) is 11.5 Å². The Hall–Kier alpha value is -3.28. The van der Waals surface area contributed by atoms with E-state index in [4.69, 9.17) is 4.74 Å². The number of benzene rings is 2. The molecule has 0 bridgehead atoms. The maximum absolute atomic E-state index is 12.5. The molecule has 0 unspecified atom stereocenters. The molecule has 0 aromatic heterocycles. The van der Waals surface area contributed by atoms with Crippen LogP contribution in [0.15, 0.2) is 55.1 Å². The summed E-state index contributed by atoms with van der Waals surface area (Å²) in [5.74, 6) is -0.0644. The van der Waals surface area contributed by atoms with E-state index in [2.05, 4.69) is 11.9 Å². The summed E-state index contributed by atoms with van der Waals surface area (Å²) >= 11 is 0. The van der Waals surface area contributed by atoms with Gasteiger partial charge in [0.2, 0.25) is 5.91 Å². The molecule has 0 saturated heterocycles. The third-order valence-corrected chi connectivity index (χ3v) is 3.59. The Kier molecular flexibility index (Phi) is 5.79. The molecule has 0 radical (unpaired) electrons. The molecule has 0 spiro atoms. The first-order chi connectivity index (χ1) is 11.9. The number of nitrogens with one attached hydrogen (secondary N) is 1. The summed E-state index contributed by atoms with van der Waals surface area (Å²) in [6, 6.07) is 11.6. The molecule has 2 amide bonds. The number of phenolic OH excluding ortho intramolecular Hbond substituents is 1. The normalized spacial score (nSPS) is 10.0. The summed E-state index contributed by atoms with van der Waals surface area (Å²) < 4.78 is 5.00. The lowest BCUT2D eigenvalue weighted by Crippen LogP contribution is -2.26. The van der Waals surface area contributed by atoms with Crippen molar-refractivity contribution in [1.29, 1.82) is 0 Å². The standard InChI is InChI=1S/C19H20N2O4/c1-4-18(23)20-15-8-6-14(7-9-15)19(24)21(2)12-13-5-10-17(25-3)16(22)11-13/h4-11,22H,1,12H2,2-3H3,(H,20,23). The smallest absolute Gasteiger partial charge is 0.253 e. The van der Waals surface area contributed by atoms with Crippen LogP contribution in [0.5, 0.6) is 11.5 Å². The second-order valence-electron chi connectivity index (χ2n) is 5.44. The average molecular weight is 340 g/mol. The zero-order chi connectivity index (χ0) is 18.4. The number of hydrogen-bond acceptors (Lipinski definition) is 4. The second-order valence-corrected chi connectivity index (χ2v) is 5.44. The third-order valence-electron chi connectivity index (χ3n) is 3.59. The highest BCUT2D eigenvalue weighted by molar-refractivity contribution is 5.99. The number of nitrogens with zero attached hydrogens (tertiary/aromatic N) is 1. The third kappa shape index (κ3) is 4.60. The number of ether oxygens (including phenoxy) is 1. The quantitative estimate of drug-likeness (QED) is 0.793. The molecular weight excluding hydrogens is 320 g/mol. The first kappa shape index (κ1) is 18.1. The van der Waals surface area contributed by atoms with E-state index in [0.717, 1.165) is 5.56 Å². The Morgan fingerprint density at radius 2 is 1.92 bits per heavy atom. The molecular formula is C19H20N2O4. The van der Waals surface area contributed by atoms with Gasteiger partial charge in [-0.2, -0.15) is 0 Å². The van der Waals surface area contributed by atoms with Crippen LogP contribution >= 0.6 is 0 Å². The maximum Gasteiger partial charge on any atom is 0.253 e. The Morgan fingerprint density at radius 3 is 2.48 bits per heavy atom. The number of anilines is 1. The number of amides is 2. The number of carbonyl (C=O) groups is 2. The first-order valence-corrected chi connectivity index (χ1v) is 7.59. The largest absolute Gasteiger partial charge is 0.504 e. The summed E-state index contributed by atoms with van der Waals surface area (Å²) in [7, 11) is 3.16. The topological polar surface area (TPSA) is 78.9 Å². The number of methoxy groups -OCH3 is 1. The van der Waals surface area contributed by atoms with Gasteiger partial charge in [-0.3, -0.25) is 9.59 Å². The highest BCUT2D eigenvalue weighted by Crippen LogP contribution is 2.26. The molecule has 0 atom stereocenters. The van der Waals surface area contributed by atoms with Gasteiger partial charge in [-0.1, -0.05) is 12.6 Å². The highest BCUT2D eigenvalue weighted by atomic mass is 16.5. The van der Waals surface area contributed by atoms with Crippen molar-refractivity contribution in [3.63, 3.8) is 0 Å². The number of aromatic hydroxyl groups is 1. The van der Waals surface area contributed by atoms with E-state index < -0.39 is 0 Å². The molecule has 130 valence electrons. The molecule has 0 aliphatic rings. The fourth-order valence-electron chi connectivity index (χ4n) is 2.29. The van der Waals surface area contributed by atoms with Gasteiger partial charge >= 0.3 is 0 Å². The van der Waals surface area contributed by atoms with Crippen LogP contribution in [0.25, 0.3) is 0 Å². The van der Waals surface area contributed by atoms with Gasteiger partial charge in [0.05, 0.1) is 7.11 Å². The van der Waals surface area contributed by atoms with E-state index >= 15 is 0 Å². The van der Waals surface area contributed by atoms with Gasteiger partial charge in [0, 0.05) is 24.8 Å².